The number of rotatable bonds is 5. The monoisotopic (exact) mass is 277 g/mol. The van der Waals surface area contributed by atoms with Crippen molar-refractivity contribution in [2.45, 2.75) is 19.4 Å². The number of aliphatic hydroxyl groups is 1. The summed E-state index contributed by atoms with van der Waals surface area (Å²) in [4.78, 5) is 15.6. The molecule has 1 heterocycles. The molecule has 7 heteroatoms. The molecule has 2 aromatic rings. The fraction of sp³-hybridized carbons (Fsp3) is 0.308. The van der Waals surface area contributed by atoms with Crippen LogP contribution in [0.25, 0.3) is 0 Å². The molecule has 0 aliphatic carbocycles. The highest BCUT2D eigenvalue weighted by Crippen LogP contribution is 2.11. The predicted octanol–water partition coefficient (Wildman–Crippen LogP) is 0.417. The number of carbonyl (C=O) groups is 1. The Bertz CT molecular complexity index is 580. The highest BCUT2D eigenvalue weighted by atomic mass is 16.5. The summed E-state index contributed by atoms with van der Waals surface area (Å²) >= 11 is 0. The average Bonchev–Trinajstić information content (AvgIpc) is 2.87. The zero-order valence-electron chi connectivity index (χ0n) is 10.9. The van der Waals surface area contributed by atoms with E-state index in [0.717, 1.165) is 5.56 Å². The van der Waals surface area contributed by atoms with Crippen LogP contribution in [-0.4, -0.2) is 38.9 Å². The van der Waals surface area contributed by atoms with E-state index < -0.39 is 11.9 Å². The molecule has 0 saturated heterocycles. The van der Waals surface area contributed by atoms with Crippen molar-refractivity contribution in [1.82, 2.24) is 15.5 Å². The van der Waals surface area contributed by atoms with Crippen LogP contribution in [0.15, 0.2) is 28.8 Å². The van der Waals surface area contributed by atoms with Crippen LogP contribution in [0.1, 0.15) is 22.1 Å². The average molecular weight is 277 g/mol. The van der Waals surface area contributed by atoms with Gasteiger partial charge in [0.05, 0.1) is 12.6 Å². The molecule has 0 fully saturated rings. The topological polar surface area (TPSA) is 108 Å². The Morgan fingerprint density at radius 3 is 2.65 bits per heavy atom. The standard InChI is InChI=1S/C13H15N3O4/c1-8-14-12(16-20-8)13(19)15-10(7-17)6-9-2-4-11(18)5-3-9/h2-5,10,17-18H,6-7H2,1H3,(H,15,19)/t10-/m0/s1. The first-order chi connectivity index (χ1) is 9.58. The van der Waals surface area contributed by atoms with Gasteiger partial charge in [-0.25, -0.2) is 0 Å². The number of phenols is 1. The molecule has 0 radical (unpaired) electrons. The van der Waals surface area contributed by atoms with Gasteiger partial charge >= 0.3 is 0 Å². The zero-order chi connectivity index (χ0) is 14.5. The van der Waals surface area contributed by atoms with Gasteiger partial charge in [0.25, 0.3) is 11.7 Å². The number of aliphatic hydroxyl groups excluding tert-OH is 1. The Hall–Kier alpha value is -2.41. The number of phenolic OH excluding ortho intramolecular Hbond substituents is 1. The molecular formula is C13H15N3O4. The Labute approximate surface area is 115 Å². The summed E-state index contributed by atoms with van der Waals surface area (Å²) in [7, 11) is 0. The molecule has 1 aromatic carbocycles. The molecule has 0 bridgehead atoms. The number of carbonyl (C=O) groups excluding carboxylic acids is 1. The first-order valence-corrected chi connectivity index (χ1v) is 6.08. The van der Waals surface area contributed by atoms with E-state index in [9.17, 15) is 15.0 Å². The lowest BCUT2D eigenvalue weighted by molar-refractivity contribution is 0.0903. The molecule has 1 aromatic heterocycles. The SMILES string of the molecule is Cc1nc(C(=O)N[C@H](CO)Cc2ccc(O)cc2)no1. The minimum absolute atomic E-state index is 0.0633. The lowest BCUT2D eigenvalue weighted by Crippen LogP contribution is -2.39. The van der Waals surface area contributed by atoms with E-state index in [2.05, 4.69) is 15.5 Å². The van der Waals surface area contributed by atoms with E-state index in [1.807, 2.05) is 0 Å². The normalized spacial score (nSPS) is 12.1. The minimum Gasteiger partial charge on any atom is -0.508 e. The number of aromatic hydroxyl groups is 1. The second-order valence-electron chi connectivity index (χ2n) is 4.36. The van der Waals surface area contributed by atoms with E-state index in [4.69, 9.17) is 4.52 Å². The van der Waals surface area contributed by atoms with Crippen LogP contribution in [0.3, 0.4) is 0 Å². The second-order valence-corrected chi connectivity index (χ2v) is 4.36. The molecule has 106 valence electrons. The quantitative estimate of drug-likeness (QED) is 0.730. The molecule has 1 atom stereocenters. The molecule has 20 heavy (non-hydrogen) atoms. The number of benzene rings is 1. The van der Waals surface area contributed by atoms with Crippen LogP contribution < -0.4 is 5.32 Å². The van der Waals surface area contributed by atoms with Gasteiger partial charge in [-0.05, 0) is 24.1 Å². The largest absolute Gasteiger partial charge is 0.508 e. The maximum Gasteiger partial charge on any atom is 0.292 e. The lowest BCUT2D eigenvalue weighted by Gasteiger charge is -2.15. The summed E-state index contributed by atoms with van der Waals surface area (Å²) in [5, 5.41) is 24.6. The smallest absolute Gasteiger partial charge is 0.292 e. The molecule has 7 nitrogen and oxygen atoms in total. The highest BCUT2D eigenvalue weighted by Gasteiger charge is 2.17. The molecule has 0 saturated carbocycles. The molecular weight excluding hydrogens is 262 g/mol. The van der Waals surface area contributed by atoms with Crippen molar-refractivity contribution in [3.63, 3.8) is 0 Å². The Kier molecular flexibility index (Phi) is 4.31. The van der Waals surface area contributed by atoms with E-state index >= 15 is 0 Å². The first-order valence-electron chi connectivity index (χ1n) is 6.08. The van der Waals surface area contributed by atoms with Crippen LogP contribution in [0, 0.1) is 6.92 Å². The Balaban J connectivity index is 1.98. The fourth-order valence-corrected chi connectivity index (χ4v) is 1.72. The van der Waals surface area contributed by atoms with Gasteiger partial charge < -0.3 is 20.1 Å². The minimum atomic E-state index is -0.500. The first kappa shape index (κ1) is 14.0. The van der Waals surface area contributed by atoms with Crippen LogP contribution in [0.2, 0.25) is 0 Å². The van der Waals surface area contributed by atoms with E-state index in [1.165, 1.54) is 0 Å². The lowest BCUT2D eigenvalue weighted by atomic mass is 10.1. The Morgan fingerprint density at radius 2 is 2.10 bits per heavy atom. The number of nitrogens with zero attached hydrogens (tertiary/aromatic N) is 2. The van der Waals surface area contributed by atoms with Gasteiger partial charge in [-0.1, -0.05) is 17.3 Å². The van der Waals surface area contributed by atoms with Crippen molar-refractivity contribution in [2.75, 3.05) is 6.61 Å². The van der Waals surface area contributed by atoms with Crippen molar-refractivity contribution in [3.8, 4) is 5.75 Å². The van der Waals surface area contributed by atoms with E-state index in [0.29, 0.717) is 12.3 Å². The van der Waals surface area contributed by atoms with Crippen LogP contribution in [0.4, 0.5) is 0 Å². The predicted molar refractivity (Wildman–Crippen MR) is 69.2 cm³/mol. The number of nitrogens with one attached hydrogen (secondary N) is 1. The van der Waals surface area contributed by atoms with Gasteiger partial charge in [0.1, 0.15) is 5.75 Å². The number of amides is 1. The van der Waals surface area contributed by atoms with Crippen LogP contribution in [-0.2, 0) is 6.42 Å². The maximum absolute atomic E-state index is 11.8. The van der Waals surface area contributed by atoms with Gasteiger partial charge in [-0.3, -0.25) is 4.79 Å². The van der Waals surface area contributed by atoms with Crippen molar-refractivity contribution < 1.29 is 19.5 Å². The van der Waals surface area contributed by atoms with E-state index in [-0.39, 0.29) is 18.2 Å². The van der Waals surface area contributed by atoms with Gasteiger partial charge in [-0.2, -0.15) is 4.98 Å². The van der Waals surface area contributed by atoms with E-state index in [1.54, 1.807) is 31.2 Å². The molecule has 2 rings (SSSR count). The summed E-state index contributed by atoms with van der Waals surface area (Å²) in [6.07, 6.45) is 0.430. The van der Waals surface area contributed by atoms with Crippen LogP contribution in [0.5, 0.6) is 5.75 Å². The second kappa shape index (κ2) is 6.16. The highest BCUT2D eigenvalue weighted by molar-refractivity contribution is 5.90. The summed E-state index contributed by atoms with van der Waals surface area (Å²) in [5.41, 5.74) is 0.881. The summed E-state index contributed by atoms with van der Waals surface area (Å²) in [6, 6.07) is 6.08. The molecule has 0 aliphatic heterocycles. The van der Waals surface area contributed by atoms with Gasteiger partial charge in [0.15, 0.2) is 0 Å². The van der Waals surface area contributed by atoms with Crippen molar-refractivity contribution >= 4 is 5.91 Å². The summed E-state index contributed by atoms with van der Waals surface area (Å²) < 4.78 is 4.72. The summed E-state index contributed by atoms with van der Waals surface area (Å²) in [5.74, 6) is -0.0961. The number of aryl methyl sites for hydroxylation is 1. The molecule has 3 N–H and O–H groups in total. The maximum atomic E-state index is 11.8. The third-order valence-electron chi connectivity index (χ3n) is 2.70. The van der Waals surface area contributed by atoms with Crippen molar-refractivity contribution in [2.24, 2.45) is 0 Å². The fourth-order valence-electron chi connectivity index (χ4n) is 1.72. The number of hydrogen-bond donors (Lipinski definition) is 3. The molecule has 0 aliphatic rings. The Morgan fingerprint density at radius 1 is 1.40 bits per heavy atom. The molecule has 1 amide bonds. The van der Waals surface area contributed by atoms with Crippen molar-refractivity contribution in [1.29, 1.82) is 0 Å². The summed E-state index contributed by atoms with van der Waals surface area (Å²) in [6.45, 7) is 1.37. The molecule has 0 unspecified atom stereocenters. The van der Waals surface area contributed by atoms with Gasteiger partial charge in [-0.15, -0.1) is 0 Å². The van der Waals surface area contributed by atoms with Crippen molar-refractivity contribution in [3.05, 3.63) is 41.5 Å². The van der Waals surface area contributed by atoms with Gasteiger partial charge in [0, 0.05) is 6.92 Å². The number of hydrogen-bond acceptors (Lipinski definition) is 6. The third kappa shape index (κ3) is 3.55. The molecule has 0 spiro atoms. The zero-order valence-corrected chi connectivity index (χ0v) is 10.9. The van der Waals surface area contributed by atoms with Crippen LogP contribution >= 0.6 is 0 Å². The van der Waals surface area contributed by atoms with Gasteiger partial charge in [0.2, 0.25) is 5.89 Å². The third-order valence-corrected chi connectivity index (χ3v) is 2.70. The number of aromatic nitrogens is 2.